The van der Waals surface area contributed by atoms with Crippen LogP contribution in [0.3, 0.4) is 0 Å². The van der Waals surface area contributed by atoms with Gasteiger partial charge in [0.05, 0.1) is 5.92 Å². The fourth-order valence-electron chi connectivity index (χ4n) is 3.66. The maximum absolute atomic E-state index is 12.2. The highest BCUT2D eigenvalue weighted by atomic mass is 16.4. The molecule has 2 aliphatic rings. The molecule has 1 saturated heterocycles. The van der Waals surface area contributed by atoms with Crippen molar-refractivity contribution in [2.75, 3.05) is 19.6 Å². The molecule has 0 atom stereocenters. The van der Waals surface area contributed by atoms with Gasteiger partial charge in [0.2, 0.25) is 0 Å². The van der Waals surface area contributed by atoms with Crippen molar-refractivity contribution in [3.8, 4) is 0 Å². The van der Waals surface area contributed by atoms with Gasteiger partial charge in [-0.15, -0.1) is 0 Å². The number of carboxylic acids is 1. The molecule has 0 aromatic heterocycles. The van der Waals surface area contributed by atoms with Gasteiger partial charge in [-0.3, -0.25) is 4.79 Å². The molecule has 2 amide bonds. The standard InChI is InChI=1S/C16H28N2O3/c1-2-16(8-4-3-5-9-16)12-17-15(21)18-10-6-13(7-11-18)14(19)20/h13H,2-12H2,1H3,(H,17,21)(H,19,20). The minimum absolute atomic E-state index is 0.0164. The SMILES string of the molecule is CCC1(CNC(=O)N2CCC(C(=O)O)CC2)CCCCC1. The van der Waals surface area contributed by atoms with E-state index in [1.54, 1.807) is 4.90 Å². The van der Waals surface area contributed by atoms with Crippen LogP contribution in [0.2, 0.25) is 0 Å². The second-order valence-electron chi connectivity index (χ2n) is 6.67. The van der Waals surface area contributed by atoms with Crippen molar-refractivity contribution >= 4 is 12.0 Å². The number of nitrogens with zero attached hydrogens (tertiary/aromatic N) is 1. The van der Waals surface area contributed by atoms with Crippen molar-refractivity contribution in [2.24, 2.45) is 11.3 Å². The second-order valence-corrected chi connectivity index (χ2v) is 6.67. The van der Waals surface area contributed by atoms with Crippen LogP contribution in [-0.2, 0) is 4.79 Å². The van der Waals surface area contributed by atoms with Crippen LogP contribution < -0.4 is 5.32 Å². The third kappa shape index (κ3) is 4.11. The Bertz CT molecular complexity index is 370. The van der Waals surface area contributed by atoms with E-state index in [-0.39, 0.29) is 17.4 Å². The minimum Gasteiger partial charge on any atom is -0.481 e. The quantitative estimate of drug-likeness (QED) is 0.838. The van der Waals surface area contributed by atoms with E-state index >= 15 is 0 Å². The van der Waals surface area contributed by atoms with Crippen molar-refractivity contribution in [3.63, 3.8) is 0 Å². The summed E-state index contributed by atoms with van der Waals surface area (Å²) >= 11 is 0. The first kappa shape index (κ1) is 16.1. The zero-order valence-corrected chi connectivity index (χ0v) is 13.1. The number of piperidine rings is 1. The molecule has 5 heteroatoms. The normalized spacial score (nSPS) is 22.8. The summed E-state index contributed by atoms with van der Waals surface area (Å²) < 4.78 is 0. The first-order valence-electron chi connectivity index (χ1n) is 8.32. The van der Waals surface area contributed by atoms with Gasteiger partial charge < -0.3 is 15.3 Å². The van der Waals surface area contributed by atoms with Crippen molar-refractivity contribution in [3.05, 3.63) is 0 Å². The van der Waals surface area contributed by atoms with E-state index in [4.69, 9.17) is 5.11 Å². The van der Waals surface area contributed by atoms with Gasteiger partial charge in [0.1, 0.15) is 0 Å². The van der Waals surface area contributed by atoms with Gasteiger partial charge in [0.25, 0.3) is 0 Å². The van der Waals surface area contributed by atoms with E-state index in [9.17, 15) is 9.59 Å². The first-order chi connectivity index (χ1) is 10.1. The molecule has 0 spiro atoms. The van der Waals surface area contributed by atoms with Crippen molar-refractivity contribution in [1.29, 1.82) is 0 Å². The molecule has 0 unspecified atom stereocenters. The van der Waals surface area contributed by atoms with Crippen molar-refractivity contribution < 1.29 is 14.7 Å². The maximum Gasteiger partial charge on any atom is 0.317 e. The summed E-state index contributed by atoms with van der Waals surface area (Å²) in [5, 5.41) is 12.1. The van der Waals surface area contributed by atoms with Crippen LogP contribution in [0.5, 0.6) is 0 Å². The molecular weight excluding hydrogens is 268 g/mol. The molecule has 1 aliphatic carbocycles. The van der Waals surface area contributed by atoms with E-state index in [0.717, 1.165) is 13.0 Å². The minimum atomic E-state index is -0.734. The molecule has 0 aromatic rings. The van der Waals surface area contributed by atoms with Crippen LogP contribution in [0.1, 0.15) is 58.3 Å². The smallest absolute Gasteiger partial charge is 0.317 e. The average molecular weight is 296 g/mol. The summed E-state index contributed by atoms with van der Waals surface area (Å²) in [6.07, 6.45) is 8.55. The van der Waals surface area contributed by atoms with Crippen LogP contribution in [0, 0.1) is 11.3 Å². The Labute approximate surface area is 127 Å². The number of amides is 2. The van der Waals surface area contributed by atoms with Crippen molar-refractivity contribution in [2.45, 2.75) is 58.3 Å². The lowest BCUT2D eigenvalue weighted by Crippen LogP contribution is -2.48. The molecule has 1 heterocycles. The van der Waals surface area contributed by atoms with Gasteiger partial charge in [0, 0.05) is 19.6 Å². The average Bonchev–Trinajstić information content (AvgIpc) is 2.53. The Morgan fingerprint density at radius 3 is 2.33 bits per heavy atom. The lowest BCUT2D eigenvalue weighted by atomic mass is 9.72. The predicted octanol–water partition coefficient (Wildman–Crippen LogP) is 2.85. The maximum atomic E-state index is 12.2. The van der Waals surface area contributed by atoms with Crippen molar-refractivity contribution in [1.82, 2.24) is 10.2 Å². The van der Waals surface area contributed by atoms with E-state index in [1.165, 1.54) is 32.1 Å². The van der Waals surface area contributed by atoms with Gasteiger partial charge >= 0.3 is 12.0 Å². The third-order valence-corrected chi connectivity index (χ3v) is 5.41. The van der Waals surface area contributed by atoms with Crippen LogP contribution in [0.4, 0.5) is 4.79 Å². The number of hydrogen-bond donors (Lipinski definition) is 2. The lowest BCUT2D eigenvalue weighted by molar-refractivity contribution is -0.143. The number of urea groups is 1. The predicted molar refractivity (Wildman–Crippen MR) is 81.1 cm³/mol. The Balaban J connectivity index is 1.78. The largest absolute Gasteiger partial charge is 0.481 e. The summed E-state index contributed by atoms with van der Waals surface area (Å²) in [5.74, 6) is -1.02. The fraction of sp³-hybridized carbons (Fsp3) is 0.875. The summed E-state index contributed by atoms with van der Waals surface area (Å²) in [6, 6.07) is -0.0164. The molecule has 2 rings (SSSR count). The topological polar surface area (TPSA) is 69.6 Å². The highest BCUT2D eigenvalue weighted by Crippen LogP contribution is 2.38. The Kier molecular flexibility index (Phi) is 5.48. The molecule has 21 heavy (non-hydrogen) atoms. The molecule has 1 saturated carbocycles. The van der Waals surface area contributed by atoms with Gasteiger partial charge in [-0.1, -0.05) is 26.2 Å². The van der Waals surface area contributed by atoms with E-state index in [2.05, 4.69) is 12.2 Å². The van der Waals surface area contributed by atoms with Crippen LogP contribution in [0.25, 0.3) is 0 Å². The molecular formula is C16H28N2O3. The third-order valence-electron chi connectivity index (χ3n) is 5.41. The molecule has 0 radical (unpaired) electrons. The number of hydrogen-bond acceptors (Lipinski definition) is 2. The molecule has 0 aromatic carbocycles. The van der Waals surface area contributed by atoms with E-state index in [1.807, 2.05) is 0 Å². The number of nitrogens with one attached hydrogen (secondary N) is 1. The molecule has 2 fully saturated rings. The number of carbonyl (C=O) groups is 2. The molecule has 5 nitrogen and oxygen atoms in total. The number of likely N-dealkylation sites (tertiary alicyclic amines) is 1. The van der Waals surface area contributed by atoms with Gasteiger partial charge in [-0.2, -0.15) is 0 Å². The monoisotopic (exact) mass is 296 g/mol. The molecule has 120 valence electrons. The van der Waals surface area contributed by atoms with E-state index < -0.39 is 5.97 Å². The fourth-order valence-corrected chi connectivity index (χ4v) is 3.66. The Hall–Kier alpha value is -1.26. The lowest BCUT2D eigenvalue weighted by Gasteiger charge is -2.38. The summed E-state index contributed by atoms with van der Waals surface area (Å²) in [6.45, 7) is 4.10. The number of carboxylic acid groups (broad SMARTS) is 1. The molecule has 0 bridgehead atoms. The number of carbonyl (C=O) groups excluding carboxylic acids is 1. The zero-order valence-electron chi connectivity index (χ0n) is 13.1. The van der Waals surface area contributed by atoms with E-state index in [0.29, 0.717) is 25.9 Å². The zero-order chi connectivity index (χ0) is 15.3. The van der Waals surface area contributed by atoms with Crippen LogP contribution in [-0.4, -0.2) is 41.6 Å². The highest BCUT2D eigenvalue weighted by molar-refractivity contribution is 5.75. The highest BCUT2D eigenvalue weighted by Gasteiger charge is 2.32. The summed E-state index contributed by atoms with van der Waals surface area (Å²) in [7, 11) is 0. The summed E-state index contributed by atoms with van der Waals surface area (Å²) in [5.41, 5.74) is 0.285. The van der Waals surface area contributed by atoms with Gasteiger partial charge in [-0.05, 0) is 37.5 Å². The van der Waals surface area contributed by atoms with Gasteiger partial charge in [-0.25, -0.2) is 4.79 Å². The molecule has 2 N–H and O–H groups in total. The number of rotatable bonds is 4. The Morgan fingerprint density at radius 2 is 1.81 bits per heavy atom. The summed E-state index contributed by atoms with van der Waals surface area (Å²) in [4.78, 5) is 24.9. The van der Waals surface area contributed by atoms with Crippen LogP contribution >= 0.6 is 0 Å². The van der Waals surface area contributed by atoms with Crippen LogP contribution in [0.15, 0.2) is 0 Å². The first-order valence-corrected chi connectivity index (χ1v) is 8.32. The van der Waals surface area contributed by atoms with Gasteiger partial charge in [0.15, 0.2) is 0 Å². The molecule has 1 aliphatic heterocycles. The number of aliphatic carboxylic acids is 1. The Morgan fingerprint density at radius 1 is 1.19 bits per heavy atom. The second kappa shape index (κ2) is 7.14.